The number of aromatic nitrogens is 2. The maximum Gasteiger partial charge on any atom is 0.305 e. The number of aromatic amines is 2. The predicted molar refractivity (Wildman–Crippen MR) is 479 cm³/mol. The van der Waals surface area contributed by atoms with Crippen LogP contribution in [0, 0.1) is 5.92 Å². The monoisotopic (exact) mass is 1860 g/mol. The fourth-order valence-corrected chi connectivity index (χ4v) is 17.1. The minimum Gasteiger partial charge on any atom is -0.508 e. The number of carbonyl (C=O) groups is 19. The molecule has 0 bridgehead atoms. The normalized spacial score (nSPS) is 25.1. The van der Waals surface area contributed by atoms with Crippen molar-refractivity contribution in [3.05, 3.63) is 102 Å². The average Bonchev–Trinajstić information content (AvgIpc) is 1.65. The number of fused-ring (bicyclic) bond motifs is 4. The number of amides is 16. The molecule has 132 heavy (non-hydrogen) atoms. The van der Waals surface area contributed by atoms with Crippen LogP contribution in [0.1, 0.15) is 140 Å². The number of hydrogen-bond acceptors (Lipinski definition) is 24. The zero-order valence-electron chi connectivity index (χ0n) is 74.6. The Labute approximate surface area is 765 Å². The summed E-state index contributed by atoms with van der Waals surface area (Å²) in [4.78, 5) is 284. The Kier molecular flexibility index (Phi) is 39.3. The molecule has 3 saturated heterocycles. The third-order valence-electron chi connectivity index (χ3n) is 23.8. The van der Waals surface area contributed by atoms with Crippen molar-refractivity contribution in [2.45, 2.75) is 227 Å². The molecule has 43 nitrogen and oxygen atoms in total. The second kappa shape index (κ2) is 49.8. The number of thioether (sulfide) groups is 1. The first-order valence-electron chi connectivity index (χ1n) is 44.0. The van der Waals surface area contributed by atoms with Crippen molar-refractivity contribution in [3.8, 4) is 5.75 Å². The number of carboxylic acid groups (broad SMARTS) is 2. The van der Waals surface area contributed by atoms with E-state index in [1.165, 1.54) is 45.3 Å². The van der Waals surface area contributed by atoms with E-state index in [2.05, 4.69) is 57.8 Å². The number of para-hydroxylation sites is 2. The van der Waals surface area contributed by atoms with Gasteiger partial charge in [0.1, 0.15) is 78.3 Å². The second-order valence-electron chi connectivity index (χ2n) is 33.4. The number of benzene rings is 3. The van der Waals surface area contributed by atoms with Gasteiger partial charge in [-0.1, -0.05) is 88.1 Å². The molecule has 0 radical (unpaired) electrons. The molecule has 3 aliphatic rings. The molecule has 44 heteroatoms. The number of aliphatic carboxylic acids is 2. The number of Topliss-reactive ketones (excluding diaryl/α,β-unsaturated/α-hetero) is 1. The van der Waals surface area contributed by atoms with E-state index in [0.717, 1.165) is 31.5 Å². The lowest BCUT2D eigenvalue weighted by Crippen LogP contribution is -2.61. The number of phenolic OH excluding ortho intramolecular Hbond substituents is 1. The number of rotatable bonds is 26. The third kappa shape index (κ3) is 28.9. The number of nitrogens with zero attached hydrogens (tertiary/aromatic N) is 5. The molecule has 3 aliphatic heterocycles. The number of primary amides is 2. The molecule has 5 heterocycles. The summed E-state index contributed by atoms with van der Waals surface area (Å²) in [6.07, 6.45) is -2.45. The number of likely N-dealkylation sites (N-methyl/N-ethyl adjacent to an activating group) is 3. The van der Waals surface area contributed by atoms with Gasteiger partial charge in [-0.05, 0) is 106 Å². The highest BCUT2D eigenvalue weighted by atomic mass is 32.2. The Morgan fingerprint density at radius 1 is 0.523 bits per heavy atom. The average molecular weight is 1860 g/mol. The molecule has 16 amide bonds. The summed E-state index contributed by atoms with van der Waals surface area (Å²) in [6.45, 7) is 2.39. The maximum absolute atomic E-state index is 15.8. The minimum absolute atomic E-state index is 0.0321. The van der Waals surface area contributed by atoms with Gasteiger partial charge in [0.15, 0.2) is 5.78 Å². The third-order valence-corrected chi connectivity index (χ3v) is 24.8. The standard InChI is InChI=1S/C88H122N20O23S/c1-7-9-20-66-82(125)98-58(28-30-74(115)116)79(122)103-65(78(121)95-43-72(92)113)45-132-46-73(114)96-61(34-48-23-25-52(109)26-24-48)84(127)104(4)47(3)76(119)100-63(39-75(117)118)87(130)107-33-15-22-67(107)83(126)102-64(40-90)81(124)99-60(27-29-71(91)112)86(129)108-44-53(110)38-69(108)70(111)37-49(35-50-41-93-56-18-13-11-16-54(50)56)77(120)97-59(31-32-89)80(123)101-62(36-51-42-94-57-19-14-12-17-55(51)57)85(128)106(6)68(21-10-8-2)88(131)105(66)5/h11-14,16-19,23-26,41-42,47,49,53,58-69,93-94,109-110H,7-10,15,20-22,27-40,43-46,89-90H2,1-6H3,(H2,91,112)(H2,92,113)(H,95,121)(H,96,114)(H,97,120)(H,98,125)(H,99,124)(H,100,119)(H,101,123)(H,102,126)(H,103,122)(H,115,116)(H,117,118)/t47-,49+,53+,58-,59-,60-,61-,62-,63-,64-,65-,66-,67-,68-,69-/m0/s1. The molecule has 3 aromatic carbocycles. The summed E-state index contributed by atoms with van der Waals surface area (Å²) >= 11 is 0.692. The van der Waals surface area contributed by atoms with E-state index < -0.39 is 279 Å². The predicted octanol–water partition coefficient (Wildman–Crippen LogP) is -3.07. The van der Waals surface area contributed by atoms with Crippen molar-refractivity contribution < 1.29 is 112 Å². The Morgan fingerprint density at radius 2 is 1.06 bits per heavy atom. The van der Waals surface area contributed by atoms with Gasteiger partial charge in [-0.3, -0.25) is 91.1 Å². The van der Waals surface area contributed by atoms with Crippen LogP contribution in [-0.4, -0.2) is 317 Å². The Morgan fingerprint density at radius 3 is 1.67 bits per heavy atom. The van der Waals surface area contributed by atoms with Crippen molar-refractivity contribution in [3.63, 3.8) is 0 Å². The lowest BCUT2D eigenvalue weighted by atomic mass is 9.90. The summed E-state index contributed by atoms with van der Waals surface area (Å²) in [5.41, 5.74) is 26.0. The van der Waals surface area contributed by atoms with Crippen LogP contribution in [0.5, 0.6) is 5.75 Å². The van der Waals surface area contributed by atoms with Crippen LogP contribution in [0.3, 0.4) is 0 Å². The largest absolute Gasteiger partial charge is 0.508 e. The van der Waals surface area contributed by atoms with E-state index in [1.807, 2.05) is 6.92 Å². The van der Waals surface area contributed by atoms with Gasteiger partial charge in [0.25, 0.3) is 0 Å². The van der Waals surface area contributed by atoms with Crippen LogP contribution in [0.15, 0.2) is 85.2 Å². The van der Waals surface area contributed by atoms with E-state index in [4.69, 9.17) is 22.9 Å². The van der Waals surface area contributed by atoms with Crippen LogP contribution in [0.4, 0.5) is 0 Å². The SMILES string of the molecule is CCCC[C@H]1C(=O)N(C)[C@@H](CCCC)C(=O)N[C@@H](CCC(=O)O)C(=O)N[C@H](C(=O)NCC(N)=O)CSCC(=O)N[C@@H](Cc2ccc(O)cc2)C(=O)N(C)[C@@H](C)C(=O)N[C@@H](CC(=O)O)C(=O)N2CCC[C@H]2C(=O)N[C@@H](CN)C(=O)N[C@@H](CCC(N)=O)C(=O)N2C[C@H](O)C[C@H]2C(=O)C[C@@H](Cc2c[nH]c3ccccc23)C(=O)N[C@@H](CCN)C(=O)N[C@@H](Cc2c[nH]c3ccccc23)C(=O)N1C. The van der Waals surface area contributed by atoms with Crippen LogP contribution in [0.2, 0.25) is 0 Å². The van der Waals surface area contributed by atoms with Crippen molar-refractivity contribution in [1.29, 1.82) is 0 Å². The van der Waals surface area contributed by atoms with Crippen LogP contribution in [-0.2, 0) is 110 Å². The molecule has 0 aliphatic carbocycles. The summed E-state index contributed by atoms with van der Waals surface area (Å²) in [6, 6.07) is -1.60. The number of ketones is 1. The highest BCUT2D eigenvalue weighted by molar-refractivity contribution is 8.00. The smallest absolute Gasteiger partial charge is 0.305 e. The number of phenols is 1. The molecule has 0 spiro atoms. The van der Waals surface area contributed by atoms with Gasteiger partial charge in [-0.25, -0.2) is 0 Å². The molecule has 3 fully saturated rings. The number of carboxylic acids is 2. The molecule has 718 valence electrons. The molecule has 2 aromatic heterocycles. The number of unbranched alkanes of at least 4 members (excludes halogenated alkanes) is 2. The molecule has 0 saturated carbocycles. The first-order valence-corrected chi connectivity index (χ1v) is 45.1. The fraction of sp³-hybridized carbons (Fsp3) is 0.534. The Hall–Kier alpha value is -13.1. The number of H-pyrrole nitrogens is 2. The van der Waals surface area contributed by atoms with E-state index >= 15 is 33.6 Å². The Balaban J connectivity index is 1.19. The zero-order chi connectivity index (χ0) is 96.9. The van der Waals surface area contributed by atoms with Gasteiger partial charge >= 0.3 is 11.9 Å². The first-order chi connectivity index (χ1) is 62.8. The number of nitrogens with two attached hydrogens (primary N) is 4. The van der Waals surface area contributed by atoms with Gasteiger partial charge in [0, 0.05) is 125 Å². The quantitative estimate of drug-likeness (QED) is 0.0261. The van der Waals surface area contributed by atoms with Crippen LogP contribution in [0.25, 0.3) is 21.8 Å². The molecular weight excluding hydrogens is 1740 g/mol. The second-order valence-corrected chi connectivity index (χ2v) is 34.4. The fourth-order valence-electron chi connectivity index (χ4n) is 16.3. The highest BCUT2D eigenvalue weighted by Gasteiger charge is 2.47. The van der Waals surface area contributed by atoms with Crippen LogP contribution < -0.4 is 70.8 Å². The van der Waals surface area contributed by atoms with Gasteiger partial charge in [0.2, 0.25) is 94.5 Å². The van der Waals surface area contributed by atoms with Gasteiger partial charge in [0.05, 0.1) is 30.9 Å². The lowest BCUT2D eigenvalue weighted by Gasteiger charge is -2.36. The number of aromatic hydroxyl groups is 1. The maximum atomic E-state index is 15.8. The number of aliphatic hydroxyl groups is 1. The van der Waals surface area contributed by atoms with Crippen molar-refractivity contribution in [2.75, 3.05) is 65.4 Å². The molecular formula is C88H122N20O23S. The van der Waals surface area contributed by atoms with Crippen molar-refractivity contribution in [2.24, 2.45) is 28.9 Å². The molecule has 8 rings (SSSR count). The Bertz CT molecular complexity index is 5010. The van der Waals surface area contributed by atoms with E-state index in [9.17, 15) is 78.0 Å². The molecule has 23 N–H and O–H groups in total. The van der Waals surface area contributed by atoms with E-state index in [0.29, 0.717) is 69.5 Å². The minimum atomic E-state index is -1.94. The number of aliphatic hydroxyl groups excluding tert-OH is 1. The van der Waals surface area contributed by atoms with Gasteiger partial charge < -0.3 is 126 Å². The highest BCUT2D eigenvalue weighted by Crippen LogP contribution is 2.30. The van der Waals surface area contributed by atoms with Crippen molar-refractivity contribution in [1.82, 2.24) is 82.3 Å². The summed E-state index contributed by atoms with van der Waals surface area (Å²) < 4.78 is 0. The number of nitrogens with one attached hydrogen (secondary N) is 11. The van der Waals surface area contributed by atoms with Gasteiger partial charge in [-0.15, -0.1) is 11.8 Å². The van der Waals surface area contributed by atoms with Crippen molar-refractivity contribution >= 4 is 146 Å². The number of carbonyl (C=O) groups excluding carboxylic acids is 17. The van der Waals surface area contributed by atoms with E-state index in [-0.39, 0.29) is 76.6 Å². The van der Waals surface area contributed by atoms with Crippen LogP contribution >= 0.6 is 11.8 Å². The summed E-state index contributed by atoms with van der Waals surface area (Å²) in [5, 5.41) is 65.9. The number of hydrogen-bond donors (Lipinski definition) is 19. The molecule has 15 atom stereocenters. The molecule has 5 aromatic rings. The van der Waals surface area contributed by atoms with E-state index in [1.54, 1.807) is 67.8 Å². The first kappa shape index (κ1) is 104. The molecule has 0 unspecified atom stereocenters. The summed E-state index contributed by atoms with van der Waals surface area (Å²) in [5.74, 6) is -22.5. The zero-order valence-corrected chi connectivity index (χ0v) is 75.4. The summed E-state index contributed by atoms with van der Waals surface area (Å²) in [7, 11) is 3.78. The van der Waals surface area contributed by atoms with Gasteiger partial charge in [-0.2, -0.15) is 0 Å². The lowest BCUT2D eigenvalue weighted by molar-refractivity contribution is -0.149. The topological polar surface area (TPSA) is 665 Å².